The van der Waals surface area contributed by atoms with Crippen molar-refractivity contribution in [3.8, 4) is 0 Å². The Labute approximate surface area is 168 Å². The lowest BCUT2D eigenvalue weighted by atomic mass is 10.1. The fraction of sp³-hybridized carbons (Fsp3) is 0.526. The van der Waals surface area contributed by atoms with Crippen molar-refractivity contribution in [3.05, 3.63) is 34.3 Å². The van der Waals surface area contributed by atoms with E-state index in [1.165, 1.54) is 0 Å². The molecule has 0 saturated heterocycles. The highest BCUT2D eigenvalue weighted by atomic mass is 79.9. The number of ether oxygens (including phenoxy) is 1. The fourth-order valence-electron chi connectivity index (χ4n) is 2.08. The molecule has 1 rings (SSSR count). The second-order valence-electron chi connectivity index (χ2n) is 7.01. The summed E-state index contributed by atoms with van der Waals surface area (Å²) in [4.78, 5) is 34.9. The monoisotopic (exact) mass is 441 g/mol. The zero-order valence-corrected chi connectivity index (χ0v) is 17.6. The maximum Gasteiger partial charge on any atom is 0.407 e. The van der Waals surface area contributed by atoms with Gasteiger partial charge in [-0.05, 0) is 44.9 Å². The number of halogens is 1. The number of amides is 3. The second kappa shape index (κ2) is 11.6. The molecule has 7 nitrogen and oxygen atoms in total. The summed E-state index contributed by atoms with van der Waals surface area (Å²) in [5, 5.41) is 7.98. The van der Waals surface area contributed by atoms with E-state index < -0.39 is 11.7 Å². The van der Waals surface area contributed by atoms with Gasteiger partial charge in [0.15, 0.2) is 0 Å². The van der Waals surface area contributed by atoms with Crippen LogP contribution >= 0.6 is 15.9 Å². The van der Waals surface area contributed by atoms with Crippen LogP contribution in [0, 0.1) is 0 Å². The van der Waals surface area contributed by atoms with E-state index in [1.807, 2.05) is 24.3 Å². The Balaban J connectivity index is 2.06. The molecule has 27 heavy (non-hydrogen) atoms. The number of carbonyl (C=O) groups is 3. The molecule has 0 aromatic heterocycles. The van der Waals surface area contributed by atoms with Gasteiger partial charge in [-0.2, -0.15) is 0 Å². The largest absolute Gasteiger partial charge is 0.444 e. The lowest BCUT2D eigenvalue weighted by molar-refractivity contribution is -0.122. The van der Waals surface area contributed by atoms with Crippen molar-refractivity contribution in [3.63, 3.8) is 0 Å². The van der Waals surface area contributed by atoms with Crippen molar-refractivity contribution in [2.24, 2.45) is 0 Å². The van der Waals surface area contributed by atoms with Crippen LogP contribution in [0.2, 0.25) is 0 Å². The summed E-state index contributed by atoms with van der Waals surface area (Å²) in [6, 6.07) is 7.84. The van der Waals surface area contributed by atoms with E-state index >= 15 is 0 Å². The maximum absolute atomic E-state index is 11.8. The smallest absolute Gasteiger partial charge is 0.407 e. The number of alkyl carbamates (subject to hydrolysis) is 1. The molecule has 0 saturated carbocycles. The second-order valence-corrected chi connectivity index (χ2v) is 7.92. The maximum atomic E-state index is 11.8. The van der Waals surface area contributed by atoms with Gasteiger partial charge in [0, 0.05) is 36.9 Å². The average molecular weight is 442 g/mol. The Morgan fingerprint density at radius 1 is 0.889 bits per heavy atom. The Morgan fingerprint density at radius 2 is 1.44 bits per heavy atom. The molecule has 1 aromatic rings. The molecule has 3 N–H and O–H groups in total. The molecule has 3 amide bonds. The summed E-state index contributed by atoms with van der Waals surface area (Å²) in [6.45, 7) is 6.21. The van der Waals surface area contributed by atoms with Crippen LogP contribution in [0.3, 0.4) is 0 Å². The third-order valence-electron chi connectivity index (χ3n) is 3.34. The minimum absolute atomic E-state index is 0.0567. The van der Waals surface area contributed by atoms with E-state index in [2.05, 4.69) is 31.9 Å². The highest BCUT2D eigenvalue weighted by molar-refractivity contribution is 9.10. The minimum atomic E-state index is -0.568. The van der Waals surface area contributed by atoms with Gasteiger partial charge in [-0.1, -0.05) is 28.1 Å². The molecular weight excluding hydrogens is 414 g/mol. The molecule has 0 heterocycles. The van der Waals surface area contributed by atoms with Crippen LogP contribution < -0.4 is 16.0 Å². The van der Waals surface area contributed by atoms with Crippen LogP contribution in [0.1, 0.15) is 39.2 Å². The van der Waals surface area contributed by atoms with Crippen molar-refractivity contribution in [1.29, 1.82) is 0 Å². The number of benzene rings is 1. The van der Waals surface area contributed by atoms with Crippen LogP contribution in [0.25, 0.3) is 0 Å². The van der Waals surface area contributed by atoms with Gasteiger partial charge in [0.2, 0.25) is 11.8 Å². The predicted molar refractivity (Wildman–Crippen MR) is 107 cm³/mol. The van der Waals surface area contributed by atoms with Gasteiger partial charge < -0.3 is 20.7 Å². The predicted octanol–water partition coefficient (Wildman–Crippen LogP) is 2.53. The number of hydrogen-bond acceptors (Lipinski definition) is 4. The highest BCUT2D eigenvalue weighted by Crippen LogP contribution is 2.11. The molecule has 0 radical (unpaired) electrons. The lowest BCUT2D eigenvalue weighted by Crippen LogP contribution is -2.37. The average Bonchev–Trinajstić information content (AvgIpc) is 2.56. The van der Waals surface area contributed by atoms with Crippen molar-refractivity contribution in [2.75, 3.05) is 19.6 Å². The third kappa shape index (κ3) is 12.0. The third-order valence-corrected chi connectivity index (χ3v) is 3.87. The van der Waals surface area contributed by atoms with Crippen LogP contribution in [0.5, 0.6) is 0 Å². The van der Waals surface area contributed by atoms with E-state index in [-0.39, 0.29) is 24.8 Å². The zero-order valence-electron chi connectivity index (χ0n) is 16.1. The standard InChI is InChI=1S/C19H28BrN3O4/c1-19(2,3)27-18(26)23-11-10-17(25)22-13-12-21-16(24)9-6-14-4-7-15(20)8-5-14/h4-5,7-8H,6,9-13H2,1-3H3,(H,21,24)(H,22,25)(H,23,26). The van der Waals surface area contributed by atoms with E-state index in [1.54, 1.807) is 20.8 Å². The van der Waals surface area contributed by atoms with Gasteiger partial charge in [-0.15, -0.1) is 0 Å². The summed E-state index contributed by atoms with van der Waals surface area (Å²) in [5.41, 5.74) is 0.529. The molecule has 0 spiro atoms. The number of aryl methyl sites for hydroxylation is 1. The van der Waals surface area contributed by atoms with E-state index in [0.29, 0.717) is 25.9 Å². The molecule has 8 heteroatoms. The first-order chi connectivity index (χ1) is 12.7. The van der Waals surface area contributed by atoms with Crippen LogP contribution in [-0.4, -0.2) is 43.1 Å². The summed E-state index contributed by atoms with van der Waals surface area (Å²) in [5.74, 6) is -0.256. The molecule has 150 valence electrons. The number of hydrogen-bond donors (Lipinski definition) is 3. The Bertz CT molecular complexity index is 627. The molecule has 0 atom stereocenters. The van der Waals surface area contributed by atoms with Crippen LogP contribution in [-0.2, 0) is 20.7 Å². The topological polar surface area (TPSA) is 96.5 Å². The van der Waals surface area contributed by atoms with Gasteiger partial charge in [0.25, 0.3) is 0 Å². The van der Waals surface area contributed by atoms with Crippen molar-refractivity contribution >= 4 is 33.8 Å². The van der Waals surface area contributed by atoms with Gasteiger partial charge in [-0.3, -0.25) is 9.59 Å². The Kier molecular flexibility index (Phi) is 9.85. The fourth-order valence-corrected chi connectivity index (χ4v) is 2.35. The van der Waals surface area contributed by atoms with Gasteiger partial charge in [-0.25, -0.2) is 4.79 Å². The summed E-state index contributed by atoms with van der Waals surface area (Å²) in [7, 11) is 0. The molecule has 0 bridgehead atoms. The zero-order chi connectivity index (χ0) is 20.3. The molecule has 0 fully saturated rings. The van der Waals surface area contributed by atoms with Crippen molar-refractivity contribution in [1.82, 2.24) is 16.0 Å². The van der Waals surface area contributed by atoms with Crippen molar-refractivity contribution in [2.45, 2.75) is 45.6 Å². The van der Waals surface area contributed by atoms with Gasteiger partial charge >= 0.3 is 6.09 Å². The first-order valence-corrected chi connectivity index (χ1v) is 9.70. The molecule has 0 aliphatic carbocycles. The van der Waals surface area contributed by atoms with E-state index in [4.69, 9.17) is 4.74 Å². The normalized spacial score (nSPS) is 10.8. The minimum Gasteiger partial charge on any atom is -0.444 e. The van der Waals surface area contributed by atoms with Gasteiger partial charge in [0.1, 0.15) is 5.60 Å². The molecule has 0 aliphatic rings. The summed E-state index contributed by atoms with van der Waals surface area (Å²) >= 11 is 3.37. The Hall–Kier alpha value is -2.09. The quantitative estimate of drug-likeness (QED) is 0.512. The molecule has 1 aromatic carbocycles. The SMILES string of the molecule is CC(C)(C)OC(=O)NCCC(=O)NCCNC(=O)CCc1ccc(Br)cc1. The molecular formula is C19H28BrN3O4. The van der Waals surface area contributed by atoms with E-state index in [9.17, 15) is 14.4 Å². The summed E-state index contributed by atoms with van der Waals surface area (Å²) < 4.78 is 6.08. The van der Waals surface area contributed by atoms with Crippen molar-refractivity contribution < 1.29 is 19.1 Å². The molecule has 0 unspecified atom stereocenters. The first-order valence-electron chi connectivity index (χ1n) is 8.90. The van der Waals surface area contributed by atoms with Crippen LogP contribution in [0.4, 0.5) is 4.79 Å². The van der Waals surface area contributed by atoms with Crippen LogP contribution in [0.15, 0.2) is 28.7 Å². The number of carbonyl (C=O) groups excluding carboxylic acids is 3. The number of nitrogens with one attached hydrogen (secondary N) is 3. The van der Waals surface area contributed by atoms with E-state index in [0.717, 1.165) is 10.0 Å². The highest BCUT2D eigenvalue weighted by Gasteiger charge is 2.15. The first kappa shape index (κ1) is 23.0. The molecule has 0 aliphatic heterocycles. The summed E-state index contributed by atoms with van der Waals surface area (Å²) in [6.07, 6.45) is 0.668. The number of rotatable bonds is 9. The Morgan fingerprint density at radius 3 is 2.00 bits per heavy atom. The van der Waals surface area contributed by atoms with Gasteiger partial charge in [0.05, 0.1) is 0 Å². The lowest BCUT2D eigenvalue weighted by Gasteiger charge is -2.19.